The van der Waals surface area contributed by atoms with Crippen molar-refractivity contribution in [3.8, 4) is 0 Å². The normalized spacial score (nSPS) is 10.4. The van der Waals surface area contributed by atoms with E-state index in [1.54, 1.807) is 6.20 Å². The molecule has 2 aromatic rings. The summed E-state index contributed by atoms with van der Waals surface area (Å²) < 4.78 is 1.81. The molecule has 0 aliphatic carbocycles. The molecule has 0 aliphatic rings. The van der Waals surface area contributed by atoms with Crippen LogP contribution in [0.3, 0.4) is 0 Å². The molecular weight excluding hydrogens is 242 g/mol. The summed E-state index contributed by atoms with van der Waals surface area (Å²) >= 11 is 0. The molecule has 1 heterocycles. The molecule has 100 valence electrons. The van der Waals surface area contributed by atoms with Crippen LogP contribution < -0.4 is 4.90 Å². The number of aromatic nitrogens is 2. The lowest BCUT2D eigenvalue weighted by Gasteiger charge is -2.22. The van der Waals surface area contributed by atoms with Gasteiger partial charge < -0.3 is 10.0 Å². The molecular formula is C14H17N3O2. The van der Waals surface area contributed by atoms with Gasteiger partial charge in [-0.05, 0) is 18.2 Å². The summed E-state index contributed by atoms with van der Waals surface area (Å²) in [5.74, 6) is -0.825. The number of aryl methyl sites for hydroxylation is 1. The third kappa shape index (κ3) is 3.58. The van der Waals surface area contributed by atoms with Crippen molar-refractivity contribution in [3.05, 3.63) is 48.3 Å². The van der Waals surface area contributed by atoms with Crippen LogP contribution in [0.4, 0.5) is 5.69 Å². The second-order valence-corrected chi connectivity index (χ2v) is 4.35. The van der Waals surface area contributed by atoms with E-state index in [2.05, 4.69) is 5.10 Å². The molecule has 19 heavy (non-hydrogen) atoms. The summed E-state index contributed by atoms with van der Waals surface area (Å²) in [5.41, 5.74) is 2.01. The first-order valence-electron chi connectivity index (χ1n) is 6.15. The van der Waals surface area contributed by atoms with Crippen molar-refractivity contribution in [3.63, 3.8) is 0 Å². The number of benzene rings is 1. The van der Waals surface area contributed by atoms with Crippen molar-refractivity contribution in [2.45, 2.75) is 6.42 Å². The van der Waals surface area contributed by atoms with Gasteiger partial charge in [-0.2, -0.15) is 5.10 Å². The second-order valence-electron chi connectivity index (χ2n) is 4.35. The smallest absolute Gasteiger partial charge is 0.323 e. The lowest BCUT2D eigenvalue weighted by Crippen LogP contribution is -2.31. The number of carbonyl (C=O) groups is 1. The van der Waals surface area contributed by atoms with Crippen LogP contribution in [0.25, 0.3) is 0 Å². The largest absolute Gasteiger partial charge is 0.480 e. The van der Waals surface area contributed by atoms with Gasteiger partial charge in [0.2, 0.25) is 0 Å². The summed E-state index contributed by atoms with van der Waals surface area (Å²) in [6, 6.07) is 11.5. The highest BCUT2D eigenvalue weighted by Gasteiger charge is 2.11. The van der Waals surface area contributed by atoms with Crippen molar-refractivity contribution in [1.29, 1.82) is 0 Å². The molecule has 0 saturated carbocycles. The zero-order chi connectivity index (χ0) is 13.7. The van der Waals surface area contributed by atoms with E-state index in [0.717, 1.165) is 17.8 Å². The Morgan fingerprint density at radius 2 is 2.05 bits per heavy atom. The topological polar surface area (TPSA) is 58.4 Å². The van der Waals surface area contributed by atoms with Gasteiger partial charge in [0.15, 0.2) is 0 Å². The molecule has 0 aliphatic heterocycles. The molecule has 1 aromatic heterocycles. The van der Waals surface area contributed by atoms with E-state index >= 15 is 0 Å². The number of nitrogens with zero attached hydrogens (tertiary/aromatic N) is 3. The molecule has 0 saturated heterocycles. The van der Waals surface area contributed by atoms with Crippen LogP contribution in [0.15, 0.2) is 42.6 Å². The van der Waals surface area contributed by atoms with E-state index in [9.17, 15) is 4.79 Å². The molecule has 0 spiro atoms. The van der Waals surface area contributed by atoms with Gasteiger partial charge in [-0.25, -0.2) is 0 Å². The predicted molar refractivity (Wildman–Crippen MR) is 73.2 cm³/mol. The molecule has 0 amide bonds. The van der Waals surface area contributed by atoms with Crippen LogP contribution in [0.1, 0.15) is 5.69 Å². The fraction of sp³-hybridized carbons (Fsp3) is 0.286. The van der Waals surface area contributed by atoms with E-state index in [0.29, 0.717) is 6.54 Å². The van der Waals surface area contributed by atoms with Crippen molar-refractivity contribution in [2.75, 3.05) is 18.0 Å². The number of carboxylic acid groups (broad SMARTS) is 1. The molecule has 0 bridgehead atoms. The third-order valence-corrected chi connectivity index (χ3v) is 3.01. The van der Waals surface area contributed by atoms with Crippen molar-refractivity contribution in [2.24, 2.45) is 7.05 Å². The van der Waals surface area contributed by atoms with Crippen LogP contribution in [0, 0.1) is 0 Å². The SMILES string of the molecule is Cn1nccc1CCN(CC(=O)O)c1ccccc1. The fourth-order valence-electron chi connectivity index (χ4n) is 2.00. The molecule has 0 fully saturated rings. The highest BCUT2D eigenvalue weighted by molar-refractivity contribution is 5.73. The number of rotatable bonds is 6. The first-order chi connectivity index (χ1) is 9.16. The van der Waals surface area contributed by atoms with Crippen LogP contribution >= 0.6 is 0 Å². The Kier molecular flexibility index (Phi) is 4.18. The van der Waals surface area contributed by atoms with Gasteiger partial charge in [0, 0.05) is 37.6 Å². The molecule has 2 rings (SSSR count). The first-order valence-corrected chi connectivity index (χ1v) is 6.15. The number of para-hydroxylation sites is 1. The molecule has 0 radical (unpaired) electrons. The molecule has 5 heteroatoms. The molecule has 1 aromatic carbocycles. The van der Waals surface area contributed by atoms with E-state index in [1.165, 1.54) is 0 Å². The third-order valence-electron chi connectivity index (χ3n) is 3.01. The van der Waals surface area contributed by atoms with E-state index in [-0.39, 0.29) is 6.54 Å². The predicted octanol–water partition coefficient (Wildman–Crippen LogP) is 1.55. The van der Waals surface area contributed by atoms with Crippen LogP contribution in [-0.2, 0) is 18.3 Å². The van der Waals surface area contributed by atoms with Crippen molar-refractivity contribution in [1.82, 2.24) is 9.78 Å². The monoisotopic (exact) mass is 259 g/mol. The summed E-state index contributed by atoms with van der Waals surface area (Å²) in [5, 5.41) is 13.1. The lowest BCUT2D eigenvalue weighted by molar-refractivity contribution is -0.135. The maximum Gasteiger partial charge on any atom is 0.323 e. The van der Waals surface area contributed by atoms with Crippen molar-refractivity contribution < 1.29 is 9.90 Å². The van der Waals surface area contributed by atoms with Crippen LogP contribution in [0.2, 0.25) is 0 Å². The number of aliphatic carboxylic acids is 1. The summed E-state index contributed by atoms with van der Waals surface area (Å²) in [4.78, 5) is 12.8. The summed E-state index contributed by atoms with van der Waals surface area (Å²) in [6.07, 6.45) is 2.51. The standard InChI is InChI=1S/C14H17N3O2/c1-16-12(7-9-15-16)8-10-17(11-14(18)19)13-5-3-2-4-6-13/h2-7,9H,8,10-11H2,1H3,(H,18,19). The quantitative estimate of drug-likeness (QED) is 0.855. The van der Waals surface area contributed by atoms with Crippen LogP contribution in [0.5, 0.6) is 0 Å². The minimum Gasteiger partial charge on any atom is -0.480 e. The minimum atomic E-state index is -0.825. The maximum absolute atomic E-state index is 11.0. The number of hydrogen-bond acceptors (Lipinski definition) is 3. The van der Waals surface area contributed by atoms with Gasteiger partial charge >= 0.3 is 5.97 Å². The van der Waals surface area contributed by atoms with E-state index in [1.807, 2.05) is 53.0 Å². The summed E-state index contributed by atoms with van der Waals surface area (Å²) in [6.45, 7) is 0.651. The Bertz CT molecular complexity index is 537. The van der Waals surface area contributed by atoms with Gasteiger partial charge in [-0.1, -0.05) is 18.2 Å². The van der Waals surface area contributed by atoms with E-state index < -0.39 is 5.97 Å². The average molecular weight is 259 g/mol. The lowest BCUT2D eigenvalue weighted by atomic mass is 10.2. The number of hydrogen-bond donors (Lipinski definition) is 1. The molecule has 0 unspecified atom stereocenters. The Morgan fingerprint density at radius 1 is 1.32 bits per heavy atom. The highest BCUT2D eigenvalue weighted by atomic mass is 16.4. The average Bonchev–Trinajstić information content (AvgIpc) is 2.81. The van der Waals surface area contributed by atoms with Gasteiger partial charge in [0.25, 0.3) is 0 Å². The number of carboxylic acids is 1. The molecule has 0 atom stereocenters. The first kappa shape index (κ1) is 13.1. The Morgan fingerprint density at radius 3 is 2.63 bits per heavy atom. The second kappa shape index (κ2) is 6.04. The zero-order valence-corrected chi connectivity index (χ0v) is 10.9. The van der Waals surface area contributed by atoms with Gasteiger partial charge in [-0.3, -0.25) is 9.48 Å². The number of anilines is 1. The summed E-state index contributed by atoms with van der Waals surface area (Å²) in [7, 11) is 1.89. The molecule has 5 nitrogen and oxygen atoms in total. The zero-order valence-electron chi connectivity index (χ0n) is 10.9. The van der Waals surface area contributed by atoms with Gasteiger partial charge in [0.05, 0.1) is 0 Å². The highest BCUT2D eigenvalue weighted by Crippen LogP contribution is 2.13. The minimum absolute atomic E-state index is 0.00185. The maximum atomic E-state index is 11.0. The van der Waals surface area contributed by atoms with E-state index in [4.69, 9.17) is 5.11 Å². The Balaban J connectivity index is 2.06. The van der Waals surface area contributed by atoms with Crippen molar-refractivity contribution >= 4 is 11.7 Å². The Labute approximate surface area is 112 Å². The Hall–Kier alpha value is -2.30. The van der Waals surface area contributed by atoms with Gasteiger partial charge in [-0.15, -0.1) is 0 Å². The van der Waals surface area contributed by atoms with Gasteiger partial charge in [0.1, 0.15) is 6.54 Å². The molecule has 1 N–H and O–H groups in total. The van der Waals surface area contributed by atoms with Crippen LogP contribution in [-0.4, -0.2) is 33.9 Å². The fourth-order valence-corrected chi connectivity index (χ4v) is 2.00.